The van der Waals surface area contributed by atoms with Gasteiger partial charge in [0.15, 0.2) is 0 Å². The first-order valence-corrected chi connectivity index (χ1v) is 17.6. The molecule has 0 aliphatic rings. The van der Waals surface area contributed by atoms with Crippen molar-refractivity contribution in [1.82, 2.24) is 4.98 Å². The molecule has 2 rings (SSSR count). The van der Waals surface area contributed by atoms with Crippen LogP contribution in [0.1, 0.15) is 59.3 Å². The van der Waals surface area contributed by atoms with E-state index in [9.17, 15) is 0 Å². The molecule has 128 valence electrons. The van der Waals surface area contributed by atoms with Crippen LogP contribution in [0.3, 0.4) is 0 Å². The molecule has 0 amide bonds. The van der Waals surface area contributed by atoms with E-state index in [0.29, 0.717) is 0 Å². The van der Waals surface area contributed by atoms with Gasteiger partial charge in [-0.2, -0.15) is 0 Å². The zero-order valence-corrected chi connectivity index (χ0v) is 18.6. The van der Waals surface area contributed by atoms with Gasteiger partial charge in [-0.05, 0) is 0 Å². The van der Waals surface area contributed by atoms with Gasteiger partial charge in [0.25, 0.3) is 0 Å². The summed E-state index contributed by atoms with van der Waals surface area (Å²) in [6.45, 7) is 7.00. The molecule has 0 N–H and O–H groups in total. The summed E-state index contributed by atoms with van der Waals surface area (Å²) in [5, 5.41) is 2.27. The molecule has 0 aliphatic carbocycles. The summed E-state index contributed by atoms with van der Waals surface area (Å²) >= 11 is -0.548. The topological polar surface area (TPSA) is 26.0 Å². The van der Waals surface area contributed by atoms with Crippen molar-refractivity contribution in [2.45, 2.75) is 72.6 Å². The fourth-order valence-corrected chi connectivity index (χ4v) is 22.8. The van der Waals surface area contributed by atoms with Crippen LogP contribution in [0, 0.1) is 0 Å². The van der Waals surface area contributed by atoms with Gasteiger partial charge < -0.3 is 0 Å². The van der Waals surface area contributed by atoms with Gasteiger partial charge >= 0.3 is 150 Å². The van der Waals surface area contributed by atoms with E-state index in [4.69, 9.17) is 4.42 Å². The van der Waals surface area contributed by atoms with E-state index in [0.717, 1.165) is 5.89 Å². The molecule has 2 aromatic rings. The van der Waals surface area contributed by atoms with Gasteiger partial charge in [-0.1, -0.05) is 0 Å². The van der Waals surface area contributed by atoms with Crippen LogP contribution in [-0.4, -0.2) is 23.4 Å². The second-order valence-corrected chi connectivity index (χ2v) is 20.6. The van der Waals surface area contributed by atoms with Crippen molar-refractivity contribution in [3.63, 3.8) is 0 Å². The Hall–Kier alpha value is -0.291. The number of thiophene rings is 1. The quantitative estimate of drug-likeness (QED) is 0.375. The molecule has 0 fully saturated rings. The molecule has 0 radical (unpaired) electrons. The Morgan fingerprint density at radius 2 is 1.61 bits per heavy atom. The van der Waals surface area contributed by atoms with E-state index >= 15 is 0 Å². The second kappa shape index (κ2) is 9.87. The van der Waals surface area contributed by atoms with Gasteiger partial charge in [0.1, 0.15) is 0 Å². The van der Waals surface area contributed by atoms with Crippen LogP contribution in [0.2, 0.25) is 13.3 Å². The predicted molar refractivity (Wildman–Crippen MR) is 104 cm³/mol. The Morgan fingerprint density at radius 1 is 1.00 bits per heavy atom. The van der Waals surface area contributed by atoms with Crippen molar-refractivity contribution in [1.29, 1.82) is 0 Å². The molecule has 0 bridgehead atoms. The molecule has 0 atom stereocenters. The number of hydrogen-bond donors (Lipinski definition) is 0. The van der Waals surface area contributed by atoms with Crippen LogP contribution in [-0.2, 0) is 0 Å². The van der Waals surface area contributed by atoms with Crippen LogP contribution in [0.25, 0.3) is 10.8 Å². The number of unbranched alkanes of at least 4 members (excludes halogenated alkanes) is 3. The Bertz CT molecular complexity index is 528. The van der Waals surface area contributed by atoms with E-state index in [2.05, 4.69) is 37.2 Å². The fraction of sp³-hybridized carbons (Fsp3) is 0.632. The van der Waals surface area contributed by atoms with Crippen molar-refractivity contribution in [3.05, 3.63) is 23.9 Å². The number of hydrogen-bond acceptors (Lipinski definition) is 3. The molecule has 2 aromatic heterocycles. The van der Waals surface area contributed by atoms with Crippen molar-refractivity contribution >= 4 is 33.3 Å². The van der Waals surface area contributed by atoms with E-state index in [-0.39, 0.29) is 0 Å². The second-order valence-electron chi connectivity index (χ2n) is 6.59. The normalized spacial score (nSPS) is 12.0. The summed E-state index contributed by atoms with van der Waals surface area (Å²) in [5.74, 6) is 0.848. The number of aromatic nitrogens is 1. The molecule has 2 nitrogen and oxygen atoms in total. The molecule has 0 aliphatic heterocycles. The molecule has 0 saturated carbocycles. The average molecular weight is 440 g/mol. The molecule has 23 heavy (non-hydrogen) atoms. The maximum atomic E-state index is 5.66. The van der Waals surface area contributed by atoms with E-state index in [1.807, 2.05) is 11.3 Å². The van der Waals surface area contributed by atoms with Gasteiger partial charge in [0, 0.05) is 0 Å². The Morgan fingerprint density at radius 3 is 2.09 bits per heavy atom. The Labute approximate surface area is 149 Å². The maximum absolute atomic E-state index is 5.66. The first kappa shape index (κ1) is 19.0. The predicted octanol–water partition coefficient (Wildman–Crippen LogP) is 6.46. The first-order chi connectivity index (χ1) is 11.3. The van der Waals surface area contributed by atoms with E-state index in [1.54, 1.807) is 16.0 Å². The summed E-state index contributed by atoms with van der Waals surface area (Å²) in [5.41, 5.74) is 0. The third-order valence-electron chi connectivity index (χ3n) is 4.89. The standard InChI is InChI=1S/C7H4NOS.3C4H9.Sn/c1-2-6(10-5-1)7-8-3-4-9-7;3*1-3-4-2;/h1,3-5H;3*1,3-4H2,2H3;. The summed E-state index contributed by atoms with van der Waals surface area (Å²) in [6.07, 6.45) is 11.6. The van der Waals surface area contributed by atoms with Crippen LogP contribution >= 0.6 is 11.3 Å². The molecule has 0 saturated heterocycles. The molecule has 0 unspecified atom stereocenters. The molecular formula is C19H31NOSSn. The fourth-order valence-electron chi connectivity index (χ4n) is 3.55. The molecule has 4 heteroatoms. The van der Waals surface area contributed by atoms with Crippen LogP contribution < -0.4 is 3.58 Å². The summed E-state index contributed by atoms with van der Waals surface area (Å²) in [7, 11) is 0. The van der Waals surface area contributed by atoms with E-state index in [1.165, 1.54) is 56.7 Å². The van der Waals surface area contributed by atoms with Crippen molar-refractivity contribution in [2.24, 2.45) is 0 Å². The SMILES string of the molecule is CCC[CH2][Sn]([CH2]CCC)([CH2]CCC)[c]1ccsc1-c1ncco1. The minimum absolute atomic E-state index is 0.848. The monoisotopic (exact) mass is 441 g/mol. The van der Waals surface area contributed by atoms with Gasteiger partial charge in [0.05, 0.1) is 0 Å². The van der Waals surface area contributed by atoms with E-state index < -0.39 is 18.4 Å². The summed E-state index contributed by atoms with van der Waals surface area (Å²) < 4.78 is 11.8. The Balaban J connectivity index is 2.39. The average Bonchev–Trinajstić information content (AvgIpc) is 3.25. The molecule has 2 heterocycles. The van der Waals surface area contributed by atoms with Crippen LogP contribution in [0.5, 0.6) is 0 Å². The van der Waals surface area contributed by atoms with Crippen LogP contribution in [0.4, 0.5) is 0 Å². The number of nitrogens with zero attached hydrogens (tertiary/aromatic N) is 1. The van der Waals surface area contributed by atoms with Gasteiger partial charge in [-0.15, -0.1) is 0 Å². The van der Waals surface area contributed by atoms with Crippen molar-refractivity contribution in [3.8, 4) is 10.8 Å². The minimum atomic E-state index is -2.38. The zero-order valence-electron chi connectivity index (χ0n) is 14.9. The van der Waals surface area contributed by atoms with Crippen molar-refractivity contribution < 1.29 is 4.42 Å². The molecule has 0 spiro atoms. The number of rotatable bonds is 11. The summed E-state index contributed by atoms with van der Waals surface area (Å²) in [6, 6.07) is 2.43. The van der Waals surface area contributed by atoms with Gasteiger partial charge in [-0.3, -0.25) is 0 Å². The van der Waals surface area contributed by atoms with Crippen molar-refractivity contribution in [2.75, 3.05) is 0 Å². The first-order valence-electron chi connectivity index (χ1n) is 9.25. The molecular weight excluding hydrogens is 409 g/mol. The van der Waals surface area contributed by atoms with Gasteiger partial charge in [-0.25, -0.2) is 0 Å². The molecule has 0 aromatic carbocycles. The summed E-state index contributed by atoms with van der Waals surface area (Å²) in [4.78, 5) is 5.79. The third-order valence-corrected chi connectivity index (χ3v) is 22.0. The van der Waals surface area contributed by atoms with Crippen LogP contribution in [0.15, 0.2) is 28.3 Å². The van der Waals surface area contributed by atoms with Gasteiger partial charge in [0.2, 0.25) is 0 Å². The zero-order chi connectivity index (χ0) is 16.5. The number of oxazole rings is 1. The third kappa shape index (κ3) is 4.85. The Kier molecular flexibility index (Phi) is 8.17.